The number of thioether (sulfide) groups is 1. The Morgan fingerprint density at radius 3 is 2.94 bits per heavy atom. The van der Waals surface area contributed by atoms with E-state index in [-0.39, 0.29) is 17.5 Å². The van der Waals surface area contributed by atoms with Crippen molar-refractivity contribution in [2.75, 3.05) is 12.0 Å². The lowest BCUT2D eigenvalue weighted by atomic mass is 10.2. The highest BCUT2D eigenvalue weighted by atomic mass is 79.9. The van der Waals surface area contributed by atoms with Crippen molar-refractivity contribution in [2.24, 2.45) is 0 Å². The molecule has 1 unspecified atom stereocenters. The molecule has 0 bridgehead atoms. The van der Waals surface area contributed by atoms with Crippen molar-refractivity contribution in [1.82, 2.24) is 5.32 Å². The summed E-state index contributed by atoms with van der Waals surface area (Å²) in [4.78, 5) is 11.7. The highest BCUT2D eigenvalue weighted by molar-refractivity contribution is 9.10. The zero-order chi connectivity index (χ0) is 12.1. The van der Waals surface area contributed by atoms with E-state index in [4.69, 9.17) is 0 Å². The molecule has 0 aromatic heterocycles. The quantitative estimate of drug-likeness (QED) is 0.926. The van der Waals surface area contributed by atoms with E-state index in [9.17, 15) is 9.18 Å². The Bertz CT molecular complexity index is 386. The monoisotopic (exact) mass is 305 g/mol. The maximum atomic E-state index is 13.6. The van der Waals surface area contributed by atoms with Crippen LogP contribution in [-0.4, -0.2) is 24.0 Å². The second-order valence-corrected chi connectivity index (χ2v) is 5.20. The topological polar surface area (TPSA) is 29.1 Å². The maximum Gasteiger partial charge on any atom is 0.254 e. The van der Waals surface area contributed by atoms with Crippen molar-refractivity contribution in [3.05, 3.63) is 34.1 Å². The fraction of sp³-hybridized carbons (Fsp3) is 0.364. The van der Waals surface area contributed by atoms with Crippen LogP contribution in [0.25, 0.3) is 0 Å². The second-order valence-electron chi connectivity index (χ2n) is 3.43. The van der Waals surface area contributed by atoms with Gasteiger partial charge in [-0.1, -0.05) is 6.07 Å². The minimum atomic E-state index is -0.517. The van der Waals surface area contributed by atoms with Crippen LogP contribution >= 0.6 is 27.7 Å². The number of rotatable bonds is 4. The number of carbonyl (C=O) groups is 1. The molecule has 1 rings (SSSR count). The summed E-state index contributed by atoms with van der Waals surface area (Å²) in [6.45, 7) is 1.89. The van der Waals surface area contributed by atoms with Gasteiger partial charge in [0.15, 0.2) is 0 Å². The Morgan fingerprint density at radius 1 is 1.62 bits per heavy atom. The molecule has 0 spiro atoms. The molecule has 2 nitrogen and oxygen atoms in total. The number of halogens is 2. The van der Waals surface area contributed by atoms with Crippen LogP contribution in [0.15, 0.2) is 22.7 Å². The van der Waals surface area contributed by atoms with Crippen LogP contribution in [-0.2, 0) is 0 Å². The van der Waals surface area contributed by atoms with Crippen molar-refractivity contribution in [3.63, 3.8) is 0 Å². The maximum absolute atomic E-state index is 13.6. The van der Waals surface area contributed by atoms with E-state index < -0.39 is 5.82 Å². The summed E-state index contributed by atoms with van der Waals surface area (Å²) in [7, 11) is 0. The molecular formula is C11H13BrFNOS. The van der Waals surface area contributed by atoms with E-state index in [1.54, 1.807) is 23.9 Å². The molecule has 1 aromatic rings. The molecule has 1 N–H and O–H groups in total. The van der Waals surface area contributed by atoms with Gasteiger partial charge in [-0.25, -0.2) is 4.39 Å². The van der Waals surface area contributed by atoms with Gasteiger partial charge in [0.25, 0.3) is 5.91 Å². The largest absolute Gasteiger partial charge is 0.349 e. The normalized spacial score (nSPS) is 12.2. The predicted octanol–water partition coefficient (Wildman–Crippen LogP) is 3.07. The Labute approximate surface area is 107 Å². The number of hydrogen-bond acceptors (Lipinski definition) is 2. The zero-order valence-electron chi connectivity index (χ0n) is 9.09. The minimum Gasteiger partial charge on any atom is -0.349 e. The van der Waals surface area contributed by atoms with Gasteiger partial charge in [0.05, 0.1) is 10.0 Å². The van der Waals surface area contributed by atoms with E-state index in [1.807, 2.05) is 13.2 Å². The van der Waals surface area contributed by atoms with Crippen molar-refractivity contribution >= 4 is 33.6 Å². The Balaban J connectivity index is 2.77. The van der Waals surface area contributed by atoms with Gasteiger partial charge < -0.3 is 5.32 Å². The van der Waals surface area contributed by atoms with Gasteiger partial charge in [0.1, 0.15) is 5.82 Å². The van der Waals surface area contributed by atoms with Crippen LogP contribution in [0.2, 0.25) is 0 Å². The van der Waals surface area contributed by atoms with Crippen molar-refractivity contribution < 1.29 is 9.18 Å². The molecular weight excluding hydrogens is 293 g/mol. The highest BCUT2D eigenvalue weighted by Crippen LogP contribution is 2.18. The first-order chi connectivity index (χ1) is 7.56. The average molecular weight is 306 g/mol. The number of benzene rings is 1. The van der Waals surface area contributed by atoms with Crippen molar-refractivity contribution in [1.29, 1.82) is 0 Å². The Hall–Kier alpha value is -0.550. The number of amides is 1. The molecule has 0 saturated heterocycles. The van der Waals surface area contributed by atoms with E-state index in [0.717, 1.165) is 5.75 Å². The molecule has 0 fully saturated rings. The molecule has 1 amide bonds. The van der Waals surface area contributed by atoms with Gasteiger partial charge >= 0.3 is 0 Å². The van der Waals surface area contributed by atoms with Gasteiger partial charge in [-0.2, -0.15) is 11.8 Å². The molecule has 16 heavy (non-hydrogen) atoms. The molecule has 0 heterocycles. The van der Waals surface area contributed by atoms with E-state index in [2.05, 4.69) is 21.2 Å². The first-order valence-corrected chi connectivity index (χ1v) is 6.98. The third-order valence-electron chi connectivity index (χ3n) is 1.99. The van der Waals surface area contributed by atoms with Crippen LogP contribution in [0.1, 0.15) is 17.3 Å². The summed E-state index contributed by atoms with van der Waals surface area (Å²) in [5.74, 6) is -0.0850. The van der Waals surface area contributed by atoms with Gasteiger partial charge in [-0.05, 0) is 41.2 Å². The summed E-state index contributed by atoms with van der Waals surface area (Å²) >= 11 is 4.69. The van der Waals surface area contributed by atoms with Gasteiger partial charge in [-0.15, -0.1) is 0 Å². The molecule has 0 saturated carbocycles. The number of hydrogen-bond donors (Lipinski definition) is 1. The molecule has 88 valence electrons. The summed E-state index contributed by atoms with van der Waals surface area (Å²) in [5, 5.41) is 2.74. The third kappa shape index (κ3) is 3.49. The van der Waals surface area contributed by atoms with Gasteiger partial charge in [-0.3, -0.25) is 4.79 Å². The Kier molecular flexibility index (Phi) is 5.28. The second kappa shape index (κ2) is 6.25. The molecule has 0 aliphatic carbocycles. The SMILES string of the molecule is CSCC(C)NC(=O)c1cccc(Br)c1F. The lowest BCUT2D eigenvalue weighted by Gasteiger charge is -2.13. The summed E-state index contributed by atoms with van der Waals surface area (Å²) < 4.78 is 13.9. The number of carbonyl (C=O) groups excluding carboxylic acids is 1. The standard InChI is InChI=1S/C11H13BrFNOS/c1-7(6-16-2)14-11(15)8-4-3-5-9(12)10(8)13/h3-5,7H,6H2,1-2H3,(H,14,15). The van der Waals surface area contributed by atoms with Crippen LogP contribution in [0.5, 0.6) is 0 Å². The molecule has 0 aliphatic rings. The predicted molar refractivity (Wildman–Crippen MR) is 69.4 cm³/mol. The first kappa shape index (κ1) is 13.5. The van der Waals surface area contributed by atoms with Gasteiger partial charge in [0.2, 0.25) is 0 Å². The summed E-state index contributed by atoms with van der Waals surface area (Å²) in [6, 6.07) is 4.71. The molecule has 5 heteroatoms. The molecule has 1 aromatic carbocycles. The molecule has 0 aliphatic heterocycles. The lowest BCUT2D eigenvalue weighted by molar-refractivity contribution is 0.0939. The van der Waals surface area contributed by atoms with E-state index in [0.29, 0.717) is 4.47 Å². The van der Waals surface area contributed by atoms with Crippen LogP contribution in [0.3, 0.4) is 0 Å². The first-order valence-electron chi connectivity index (χ1n) is 4.80. The van der Waals surface area contributed by atoms with E-state index in [1.165, 1.54) is 6.07 Å². The minimum absolute atomic E-state index is 0.0286. The van der Waals surface area contributed by atoms with E-state index >= 15 is 0 Å². The summed E-state index contributed by atoms with van der Waals surface area (Å²) in [6.07, 6.45) is 1.96. The smallest absolute Gasteiger partial charge is 0.254 e. The highest BCUT2D eigenvalue weighted by Gasteiger charge is 2.15. The molecule has 1 atom stereocenters. The fourth-order valence-corrected chi connectivity index (χ4v) is 2.22. The number of nitrogens with one attached hydrogen (secondary N) is 1. The molecule has 0 radical (unpaired) electrons. The summed E-state index contributed by atoms with van der Waals surface area (Å²) in [5.41, 5.74) is 0.0716. The van der Waals surface area contributed by atoms with Crippen molar-refractivity contribution in [3.8, 4) is 0 Å². The van der Waals surface area contributed by atoms with Crippen LogP contribution in [0, 0.1) is 5.82 Å². The zero-order valence-corrected chi connectivity index (χ0v) is 11.5. The lowest BCUT2D eigenvalue weighted by Crippen LogP contribution is -2.34. The Morgan fingerprint density at radius 2 is 2.31 bits per heavy atom. The average Bonchev–Trinajstić information content (AvgIpc) is 2.22. The van der Waals surface area contributed by atoms with Crippen LogP contribution < -0.4 is 5.32 Å². The van der Waals surface area contributed by atoms with Crippen molar-refractivity contribution in [2.45, 2.75) is 13.0 Å². The fourth-order valence-electron chi connectivity index (χ4n) is 1.27. The van der Waals surface area contributed by atoms with Gasteiger partial charge in [0, 0.05) is 11.8 Å². The third-order valence-corrected chi connectivity index (χ3v) is 3.44. The van der Waals surface area contributed by atoms with Crippen LogP contribution in [0.4, 0.5) is 4.39 Å².